The Morgan fingerprint density at radius 1 is 1.42 bits per heavy atom. The first kappa shape index (κ1) is 16.9. The van der Waals surface area contributed by atoms with Crippen molar-refractivity contribution in [1.29, 1.82) is 0 Å². The SMILES string of the molecule is COc1ccc(C(c2ccsc2)N2CCCC(C(=O)O)C2)cc1F. The number of carboxylic acid groups (broad SMARTS) is 1. The first-order valence-corrected chi connectivity index (χ1v) is 8.87. The van der Waals surface area contributed by atoms with E-state index >= 15 is 0 Å². The summed E-state index contributed by atoms with van der Waals surface area (Å²) in [6, 6.07) is 6.85. The van der Waals surface area contributed by atoms with Crippen molar-refractivity contribution in [2.45, 2.75) is 18.9 Å². The van der Waals surface area contributed by atoms with E-state index in [1.165, 1.54) is 13.2 Å². The molecule has 0 saturated carbocycles. The first-order valence-electron chi connectivity index (χ1n) is 7.92. The zero-order valence-corrected chi connectivity index (χ0v) is 14.3. The highest BCUT2D eigenvalue weighted by atomic mass is 32.1. The zero-order chi connectivity index (χ0) is 17.1. The van der Waals surface area contributed by atoms with Gasteiger partial charge in [-0.1, -0.05) is 6.07 Å². The fraction of sp³-hybridized carbons (Fsp3) is 0.389. The third kappa shape index (κ3) is 3.44. The molecule has 1 N–H and O–H groups in total. The number of halogens is 1. The highest BCUT2D eigenvalue weighted by Gasteiger charge is 2.31. The number of rotatable bonds is 5. The molecule has 1 saturated heterocycles. The van der Waals surface area contributed by atoms with Gasteiger partial charge in [-0.25, -0.2) is 4.39 Å². The van der Waals surface area contributed by atoms with E-state index in [1.54, 1.807) is 17.4 Å². The highest BCUT2D eigenvalue weighted by Crippen LogP contribution is 2.35. The van der Waals surface area contributed by atoms with Gasteiger partial charge in [-0.3, -0.25) is 9.69 Å². The number of piperidine rings is 1. The van der Waals surface area contributed by atoms with Gasteiger partial charge in [0.2, 0.25) is 0 Å². The molecule has 1 aromatic carbocycles. The molecule has 6 heteroatoms. The fourth-order valence-corrected chi connectivity index (χ4v) is 4.02. The molecule has 0 aliphatic carbocycles. The summed E-state index contributed by atoms with van der Waals surface area (Å²) in [6.45, 7) is 1.28. The topological polar surface area (TPSA) is 49.8 Å². The molecule has 2 unspecified atom stereocenters. The van der Waals surface area contributed by atoms with Crippen molar-refractivity contribution in [3.8, 4) is 5.75 Å². The van der Waals surface area contributed by atoms with Gasteiger partial charge in [0.25, 0.3) is 0 Å². The van der Waals surface area contributed by atoms with E-state index < -0.39 is 11.8 Å². The molecule has 0 bridgehead atoms. The molecule has 24 heavy (non-hydrogen) atoms. The minimum absolute atomic E-state index is 0.140. The van der Waals surface area contributed by atoms with Crippen LogP contribution in [0.3, 0.4) is 0 Å². The molecular weight excluding hydrogens is 329 g/mol. The van der Waals surface area contributed by atoms with Crippen molar-refractivity contribution in [2.75, 3.05) is 20.2 Å². The third-order valence-electron chi connectivity index (χ3n) is 4.52. The van der Waals surface area contributed by atoms with Crippen molar-refractivity contribution in [2.24, 2.45) is 5.92 Å². The van der Waals surface area contributed by atoms with Crippen LogP contribution in [0.1, 0.15) is 30.0 Å². The zero-order valence-electron chi connectivity index (χ0n) is 13.4. The number of hydrogen-bond acceptors (Lipinski definition) is 4. The van der Waals surface area contributed by atoms with Crippen LogP contribution in [0.5, 0.6) is 5.75 Å². The van der Waals surface area contributed by atoms with Gasteiger partial charge >= 0.3 is 5.97 Å². The normalized spacial score (nSPS) is 19.8. The minimum atomic E-state index is -0.760. The molecule has 3 rings (SSSR count). The summed E-state index contributed by atoms with van der Waals surface area (Å²) in [6.07, 6.45) is 1.52. The van der Waals surface area contributed by atoms with Crippen molar-refractivity contribution < 1.29 is 19.0 Å². The van der Waals surface area contributed by atoms with Gasteiger partial charge in [-0.15, -0.1) is 0 Å². The molecule has 128 valence electrons. The molecule has 0 spiro atoms. The fourth-order valence-electron chi connectivity index (χ4n) is 3.34. The van der Waals surface area contributed by atoms with Gasteiger partial charge in [-0.05, 0) is 59.5 Å². The van der Waals surface area contributed by atoms with E-state index in [0.717, 1.165) is 24.1 Å². The number of benzene rings is 1. The summed E-state index contributed by atoms with van der Waals surface area (Å²) in [7, 11) is 1.44. The Morgan fingerprint density at radius 3 is 2.88 bits per heavy atom. The Hall–Kier alpha value is -1.92. The first-order chi connectivity index (χ1) is 11.6. The van der Waals surface area contributed by atoms with E-state index in [-0.39, 0.29) is 17.7 Å². The predicted molar refractivity (Wildman–Crippen MR) is 91.0 cm³/mol. The third-order valence-corrected chi connectivity index (χ3v) is 5.22. The number of carbonyl (C=O) groups is 1. The molecule has 1 aliphatic rings. The monoisotopic (exact) mass is 349 g/mol. The Kier molecular flexibility index (Phi) is 5.16. The lowest BCUT2D eigenvalue weighted by Crippen LogP contribution is -2.41. The van der Waals surface area contributed by atoms with Crippen LogP contribution in [0.4, 0.5) is 4.39 Å². The summed E-state index contributed by atoms with van der Waals surface area (Å²) in [5, 5.41) is 13.4. The maximum atomic E-state index is 14.2. The maximum absolute atomic E-state index is 14.2. The molecule has 1 aliphatic heterocycles. The Bertz CT molecular complexity index is 704. The Balaban J connectivity index is 1.95. The molecule has 2 aromatic rings. The minimum Gasteiger partial charge on any atom is -0.494 e. The molecule has 2 atom stereocenters. The van der Waals surface area contributed by atoms with Gasteiger partial charge in [0.05, 0.1) is 19.1 Å². The summed E-state index contributed by atoms with van der Waals surface area (Å²) in [5.41, 5.74) is 1.88. The Labute approximate surface area is 144 Å². The van der Waals surface area contributed by atoms with Crippen LogP contribution in [0.25, 0.3) is 0 Å². The van der Waals surface area contributed by atoms with Crippen LogP contribution in [0, 0.1) is 11.7 Å². The predicted octanol–water partition coefficient (Wildman–Crippen LogP) is 3.78. The van der Waals surface area contributed by atoms with Crippen LogP contribution in [-0.4, -0.2) is 36.2 Å². The molecule has 4 nitrogen and oxygen atoms in total. The second kappa shape index (κ2) is 7.32. The second-order valence-electron chi connectivity index (χ2n) is 6.03. The van der Waals surface area contributed by atoms with Gasteiger partial charge in [0.1, 0.15) is 0 Å². The molecule has 1 fully saturated rings. The average molecular weight is 349 g/mol. The van der Waals surface area contributed by atoms with Crippen LogP contribution >= 0.6 is 11.3 Å². The molecular formula is C18H20FNO3S. The number of carboxylic acids is 1. The quantitative estimate of drug-likeness (QED) is 0.892. The largest absolute Gasteiger partial charge is 0.494 e. The molecule has 1 aromatic heterocycles. The van der Waals surface area contributed by atoms with Crippen LogP contribution in [0.15, 0.2) is 35.0 Å². The molecule has 2 heterocycles. The van der Waals surface area contributed by atoms with Crippen LogP contribution in [0.2, 0.25) is 0 Å². The number of aliphatic carboxylic acids is 1. The lowest BCUT2D eigenvalue weighted by molar-refractivity contribution is -0.143. The Morgan fingerprint density at radius 2 is 2.25 bits per heavy atom. The van der Waals surface area contributed by atoms with Gasteiger partial charge in [0, 0.05) is 6.54 Å². The van der Waals surface area contributed by atoms with E-state index in [4.69, 9.17) is 4.74 Å². The number of nitrogens with zero attached hydrogens (tertiary/aromatic N) is 1. The number of likely N-dealkylation sites (tertiary alicyclic amines) is 1. The van der Waals surface area contributed by atoms with Crippen LogP contribution in [-0.2, 0) is 4.79 Å². The lowest BCUT2D eigenvalue weighted by atomic mass is 9.92. The number of ether oxygens (including phenoxy) is 1. The number of thiophene rings is 1. The van der Waals surface area contributed by atoms with Crippen molar-refractivity contribution >= 4 is 17.3 Å². The van der Waals surface area contributed by atoms with Crippen molar-refractivity contribution in [3.05, 3.63) is 52.0 Å². The second-order valence-corrected chi connectivity index (χ2v) is 6.81. The maximum Gasteiger partial charge on any atom is 0.307 e. The van der Waals surface area contributed by atoms with Crippen molar-refractivity contribution in [3.63, 3.8) is 0 Å². The smallest absolute Gasteiger partial charge is 0.307 e. The van der Waals surface area contributed by atoms with Gasteiger partial charge < -0.3 is 9.84 Å². The van der Waals surface area contributed by atoms with Crippen molar-refractivity contribution in [1.82, 2.24) is 4.90 Å². The van der Waals surface area contributed by atoms with Gasteiger partial charge in [0.15, 0.2) is 11.6 Å². The van der Waals surface area contributed by atoms with E-state index in [2.05, 4.69) is 4.90 Å². The lowest BCUT2D eigenvalue weighted by Gasteiger charge is -2.37. The van der Waals surface area contributed by atoms with E-state index in [1.807, 2.05) is 22.9 Å². The summed E-state index contributed by atoms with van der Waals surface area (Å²) >= 11 is 1.58. The summed E-state index contributed by atoms with van der Waals surface area (Å²) in [4.78, 5) is 13.5. The standard InChI is InChI=1S/C18H20FNO3S/c1-23-16-5-4-12(9-15(16)19)17(14-6-8-24-11-14)20-7-2-3-13(10-20)18(21)22/h4-6,8-9,11,13,17H,2-3,7,10H2,1H3,(H,21,22). The molecule has 0 radical (unpaired) electrons. The van der Waals surface area contributed by atoms with E-state index in [0.29, 0.717) is 13.0 Å². The average Bonchev–Trinajstić information content (AvgIpc) is 3.10. The van der Waals surface area contributed by atoms with Crippen LogP contribution < -0.4 is 4.74 Å². The van der Waals surface area contributed by atoms with Gasteiger partial charge in [-0.2, -0.15) is 11.3 Å². The number of hydrogen-bond donors (Lipinski definition) is 1. The summed E-state index contributed by atoms with van der Waals surface area (Å²) < 4.78 is 19.2. The number of methoxy groups -OCH3 is 1. The summed E-state index contributed by atoms with van der Waals surface area (Å²) in [5.74, 6) is -1.32. The van der Waals surface area contributed by atoms with E-state index in [9.17, 15) is 14.3 Å². The highest BCUT2D eigenvalue weighted by molar-refractivity contribution is 7.08. The molecule has 0 amide bonds.